The Morgan fingerprint density at radius 1 is 0.968 bits per heavy atom. The number of hydrogen-bond acceptors (Lipinski definition) is 3. The molecule has 31 heavy (non-hydrogen) atoms. The lowest BCUT2D eigenvalue weighted by Gasteiger charge is -2.26. The molecule has 0 fully saturated rings. The van der Waals surface area contributed by atoms with Crippen LogP contribution in [0, 0.1) is 13.8 Å². The zero-order valence-corrected chi connectivity index (χ0v) is 19.3. The highest BCUT2D eigenvalue weighted by molar-refractivity contribution is 7.92. The molecule has 0 atom stereocenters. The number of hydrogen-bond donors (Lipinski definition) is 1. The Kier molecular flexibility index (Phi) is 7.03. The van der Waals surface area contributed by atoms with Crippen molar-refractivity contribution in [2.75, 3.05) is 16.2 Å². The van der Waals surface area contributed by atoms with E-state index >= 15 is 0 Å². The number of para-hydroxylation sites is 1. The van der Waals surface area contributed by atoms with Gasteiger partial charge in [0.15, 0.2) is 0 Å². The van der Waals surface area contributed by atoms with Crippen LogP contribution in [-0.2, 0) is 21.2 Å². The quantitative estimate of drug-likeness (QED) is 0.520. The van der Waals surface area contributed by atoms with Crippen LogP contribution in [0.15, 0.2) is 71.6 Å². The van der Waals surface area contributed by atoms with Crippen LogP contribution in [0.5, 0.6) is 0 Å². The number of sulfonamides is 1. The van der Waals surface area contributed by atoms with Gasteiger partial charge in [0.2, 0.25) is 5.91 Å². The first-order chi connectivity index (χ1) is 14.7. The molecule has 1 N–H and O–H groups in total. The van der Waals surface area contributed by atoms with Crippen molar-refractivity contribution < 1.29 is 13.2 Å². The second-order valence-corrected chi connectivity index (χ2v) is 9.54. The first kappa shape index (κ1) is 22.8. The van der Waals surface area contributed by atoms with E-state index in [4.69, 9.17) is 11.6 Å². The number of carbonyl (C=O) groups excluding carboxylic acids is 1. The second-order valence-electron chi connectivity index (χ2n) is 7.27. The van der Waals surface area contributed by atoms with Crippen molar-refractivity contribution in [3.8, 4) is 0 Å². The Labute approximate surface area is 188 Å². The van der Waals surface area contributed by atoms with Crippen molar-refractivity contribution in [3.63, 3.8) is 0 Å². The van der Waals surface area contributed by atoms with E-state index in [1.807, 2.05) is 32.0 Å². The molecule has 3 aromatic rings. The molecule has 0 aromatic heterocycles. The smallest absolute Gasteiger partial charge is 0.264 e. The van der Waals surface area contributed by atoms with Gasteiger partial charge in [0.25, 0.3) is 10.0 Å². The molecule has 0 bridgehead atoms. The van der Waals surface area contributed by atoms with Crippen LogP contribution in [0.3, 0.4) is 0 Å². The van der Waals surface area contributed by atoms with E-state index in [-0.39, 0.29) is 11.4 Å². The van der Waals surface area contributed by atoms with E-state index < -0.39 is 15.9 Å². The van der Waals surface area contributed by atoms with E-state index in [1.54, 1.807) is 55.5 Å². The highest BCUT2D eigenvalue weighted by atomic mass is 35.5. The van der Waals surface area contributed by atoms with Crippen molar-refractivity contribution in [1.82, 2.24) is 0 Å². The number of nitrogens with zero attached hydrogens (tertiary/aromatic N) is 1. The van der Waals surface area contributed by atoms with Crippen molar-refractivity contribution >= 4 is 38.9 Å². The standard InChI is InChI=1S/C24H25ClN2O3S/c1-4-19-8-5-6-10-22(19)26-24(28)16-27(23-11-7-9-21(25)18(23)3)31(29,30)20-14-12-17(2)13-15-20/h5-15H,4,16H2,1-3H3,(H,26,28). The molecule has 0 aliphatic carbocycles. The first-order valence-corrected chi connectivity index (χ1v) is 11.8. The number of amides is 1. The number of nitrogens with one attached hydrogen (secondary N) is 1. The first-order valence-electron chi connectivity index (χ1n) is 9.96. The number of rotatable bonds is 7. The van der Waals surface area contributed by atoms with Crippen LogP contribution in [0.2, 0.25) is 5.02 Å². The summed E-state index contributed by atoms with van der Waals surface area (Å²) in [5.74, 6) is -0.434. The maximum Gasteiger partial charge on any atom is 0.264 e. The molecular formula is C24H25ClN2O3S. The number of anilines is 2. The molecule has 1 amide bonds. The van der Waals surface area contributed by atoms with Gasteiger partial charge in [0, 0.05) is 10.7 Å². The molecule has 0 radical (unpaired) electrons. The normalized spacial score (nSPS) is 11.2. The third kappa shape index (κ3) is 5.09. The lowest BCUT2D eigenvalue weighted by atomic mass is 10.1. The SMILES string of the molecule is CCc1ccccc1NC(=O)CN(c1cccc(Cl)c1C)S(=O)(=O)c1ccc(C)cc1. The van der Waals surface area contributed by atoms with Crippen LogP contribution >= 0.6 is 11.6 Å². The summed E-state index contributed by atoms with van der Waals surface area (Å²) >= 11 is 6.26. The largest absolute Gasteiger partial charge is 0.324 e. The molecule has 5 nitrogen and oxygen atoms in total. The summed E-state index contributed by atoms with van der Waals surface area (Å²) in [5.41, 5.74) is 3.54. The Morgan fingerprint density at radius 2 is 1.65 bits per heavy atom. The van der Waals surface area contributed by atoms with Crippen molar-refractivity contribution in [3.05, 3.63) is 88.4 Å². The van der Waals surface area contributed by atoms with E-state index in [0.29, 0.717) is 22.0 Å². The minimum Gasteiger partial charge on any atom is -0.324 e. The zero-order chi connectivity index (χ0) is 22.6. The van der Waals surface area contributed by atoms with Crippen molar-refractivity contribution in [2.24, 2.45) is 0 Å². The topological polar surface area (TPSA) is 66.5 Å². The van der Waals surface area contributed by atoms with Gasteiger partial charge in [-0.15, -0.1) is 0 Å². The number of aryl methyl sites for hydroxylation is 2. The number of benzene rings is 3. The van der Waals surface area contributed by atoms with Gasteiger partial charge in [0.1, 0.15) is 6.54 Å². The van der Waals surface area contributed by atoms with E-state index in [2.05, 4.69) is 5.32 Å². The number of halogens is 1. The average molecular weight is 457 g/mol. The predicted molar refractivity (Wildman–Crippen MR) is 126 cm³/mol. The Hall–Kier alpha value is -2.83. The van der Waals surface area contributed by atoms with E-state index in [0.717, 1.165) is 21.9 Å². The van der Waals surface area contributed by atoms with E-state index in [9.17, 15) is 13.2 Å². The summed E-state index contributed by atoms with van der Waals surface area (Å²) < 4.78 is 28.2. The Morgan fingerprint density at radius 3 is 2.32 bits per heavy atom. The molecule has 7 heteroatoms. The van der Waals surface area contributed by atoms with Crippen LogP contribution in [0.4, 0.5) is 11.4 Å². The number of carbonyl (C=O) groups is 1. The molecule has 0 heterocycles. The molecule has 162 valence electrons. The lowest BCUT2D eigenvalue weighted by Crippen LogP contribution is -2.38. The molecule has 0 saturated carbocycles. The van der Waals surface area contributed by atoms with Gasteiger partial charge in [-0.1, -0.05) is 60.5 Å². The molecule has 3 aromatic carbocycles. The highest BCUT2D eigenvalue weighted by Crippen LogP contribution is 2.31. The van der Waals surface area contributed by atoms with Gasteiger partial charge < -0.3 is 5.32 Å². The summed E-state index contributed by atoms with van der Waals surface area (Å²) in [7, 11) is -4.00. The summed E-state index contributed by atoms with van der Waals surface area (Å²) in [6, 6.07) is 19.0. The fourth-order valence-corrected chi connectivity index (χ4v) is 4.92. The van der Waals surface area contributed by atoms with Crippen LogP contribution in [-0.4, -0.2) is 20.9 Å². The minimum absolute atomic E-state index is 0.110. The molecule has 0 saturated heterocycles. The van der Waals surface area contributed by atoms with E-state index in [1.165, 1.54) is 0 Å². The highest BCUT2D eigenvalue weighted by Gasteiger charge is 2.29. The van der Waals surface area contributed by atoms with Crippen molar-refractivity contribution in [2.45, 2.75) is 32.1 Å². The monoisotopic (exact) mass is 456 g/mol. The molecule has 0 aliphatic heterocycles. The summed E-state index contributed by atoms with van der Waals surface area (Å²) in [6.07, 6.45) is 0.745. The average Bonchev–Trinajstić information content (AvgIpc) is 2.75. The zero-order valence-electron chi connectivity index (χ0n) is 17.7. The summed E-state index contributed by atoms with van der Waals surface area (Å²) in [6.45, 7) is 5.23. The molecule has 0 unspecified atom stereocenters. The van der Waals surface area contributed by atoms with Gasteiger partial charge in [0.05, 0.1) is 10.6 Å². The Balaban J connectivity index is 2.01. The van der Waals surface area contributed by atoms with Gasteiger partial charge in [-0.25, -0.2) is 8.42 Å². The predicted octanol–water partition coefficient (Wildman–Crippen LogP) is 5.35. The summed E-state index contributed by atoms with van der Waals surface area (Å²) in [4.78, 5) is 13.1. The molecular weight excluding hydrogens is 432 g/mol. The fraction of sp³-hybridized carbons (Fsp3) is 0.208. The Bertz CT molecular complexity index is 1190. The lowest BCUT2D eigenvalue weighted by molar-refractivity contribution is -0.114. The van der Waals surface area contributed by atoms with Crippen molar-refractivity contribution in [1.29, 1.82) is 0 Å². The van der Waals surface area contributed by atoms with Crippen LogP contribution in [0.1, 0.15) is 23.6 Å². The molecule has 3 rings (SSSR count). The fourth-order valence-electron chi connectivity index (χ4n) is 3.27. The molecule has 0 aliphatic rings. The maximum atomic E-state index is 13.5. The maximum absolute atomic E-state index is 13.5. The second kappa shape index (κ2) is 9.54. The minimum atomic E-state index is -4.00. The third-order valence-electron chi connectivity index (χ3n) is 5.08. The molecule has 0 spiro atoms. The van der Waals surface area contributed by atoms with Crippen LogP contribution < -0.4 is 9.62 Å². The third-order valence-corrected chi connectivity index (χ3v) is 7.26. The van der Waals surface area contributed by atoms with Gasteiger partial charge in [-0.3, -0.25) is 9.10 Å². The van der Waals surface area contributed by atoms with Crippen LogP contribution in [0.25, 0.3) is 0 Å². The van der Waals surface area contributed by atoms with Gasteiger partial charge in [-0.2, -0.15) is 0 Å². The van der Waals surface area contributed by atoms with Gasteiger partial charge >= 0.3 is 0 Å². The summed E-state index contributed by atoms with van der Waals surface area (Å²) in [5, 5.41) is 3.28. The van der Waals surface area contributed by atoms with Gasteiger partial charge in [-0.05, 0) is 61.7 Å².